The number of fused-ring (bicyclic) bond motifs is 8. The third kappa shape index (κ3) is 3.80. The fourth-order valence-corrected chi connectivity index (χ4v) is 7.94. The van der Waals surface area contributed by atoms with Gasteiger partial charge in [0.1, 0.15) is 17.0 Å². The smallest absolute Gasteiger partial charge is 0.250 e. The molecule has 9 aromatic rings. The van der Waals surface area contributed by atoms with Crippen molar-refractivity contribution < 1.29 is 9.15 Å². The SMILES string of the molecule is c1ccc2c(c1)Oc1cc(N3c4ccccc4-n4c5ccccc5c5cccc3c54)ccc1B2c1ccc(-c2nc3ccccc3o2)cc1. The van der Waals surface area contributed by atoms with Crippen LogP contribution < -0.4 is 26.0 Å². The van der Waals surface area contributed by atoms with E-state index in [-0.39, 0.29) is 6.71 Å². The number of hydrogen-bond acceptors (Lipinski definition) is 4. The highest BCUT2D eigenvalue weighted by molar-refractivity contribution is 6.97. The molecule has 7 aromatic carbocycles. The first kappa shape index (κ1) is 26.5. The van der Waals surface area contributed by atoms with E-state index in [4.69, 9.17) is 14.1 Å². The van der Waals surface area contributed by atoms with E-state index in [2.05, 4.69) is 137 Å². The van der Waals surface area contributed by atoms with Gasteiger partial charge in [-0.05, 0) is 59.5 Å². The van der Waals surface area contributed by atoms with Crippen LogP contribution in [0.3, 0.4) is 0 Å². The molecule has 0 radical (unpaired) electrons. The normalized spacial score (nSPS) is 13.0. The van der Waals surface area contributed by atoms with E-state index in [0.717, 1.165) is 61.8 Å². The van der Waals surface area contributed by atoms with E-state index in [1.165, 1.54) is 27.3 Å². The number of rotatable bonds is 3. The lowest BCUT2D eigenvalue weighted by Crippen LogP contribution is -2.54. The Morgan fingerprint density at radius 1 is 0.551 bits per heavy atom. The molecule has 2 aliphatic rings. The highest BCUT2D eigenvalue weighted by Gasteiger charge is 2.34. The van der Waals surface area contributed by atoms with Crippen LogP contribution in [0, 0.1) is 0 Å². The summed E-state index contributed by atoms with van der Waals surface area (Å²) in [5, 5.41) is 2.50. The zero-order valence-electron chi connectivity index (χ0n) is 26.2. The van der Waals surface area contributed by atoms with Crippen molar-refractivity contribution in [2.75, 3.05) is 4.90 Å². The van der Waals surface area contributed by atoms with Crippen LogP contribution >= 0.6 is 0 Å². The van der Waals surface area contributed by atoms with Gasteiger partial charge in [-0.3, -0.25) is 0 Å². The van der Waals surface area contributed by atoms with Gasteiger partial charge in [-0.25, -0.2) is 4.98 Å². The predicted molar refractivity (Wildman–Crippen MR) is 200 cm³/mol. The van der Waals surface area contributed by atoms with E-state index >= 15 is 0 Å². The molecule has 4 heterocycles. The zero-order valence-corrected chi connectivity index (χ0v) is 26.2. The third-order valence-electron chi connectivity index (χ3n) is 10.1. The van der Waals surface area contributed by atoms with Crippen molar-refractivity contribution in [3.63, 3.8) is 0 Å². The quantitative estimate of drug-likeness (QED) is 0.184. The van der Waals surface area contributed by atoms with Crippen LogP contribution in [0.2, 0.25) is 0 Å². The number of anilines is 3. The fraction of sp³-hybridized carbons (Fsp3) is 0. The van der Waals surface area contributed by atoms with Crippen molar-refractivity contribution in [3.05, 3.63) is 158 Å². The van der Waals surface area contributed by atoms with Crippen LogP contribution in [0.15, 0.2) is 162 Å². The Morgan fingerprint density at radius 3 is 2.20 bits per heavy atom. The minimum absolute atomic E-state index is 0.00582. The molecule has 228 valence electrons. The molecule has 2 aromatic heterocycles. The second kappa shape index (κ2) is 9.99. The van der Waals surface area contributed by atoms with Crippen LogP contribution in [0.1, 0.15) is 0 Å². The zero-order chi connectivity index (χ0) is 32.1. The fourth-order valence-electron chi connectivity index (χ4n) is 7.94. The van der Waals surface area contributed by atoms with Gasteiger partial charge in [0.2, 0.25) is 5.89 Å². The topological polar surface area (TPSA) is 43.4 Å². The maximum Gasteiger partial charge on any atom is 0.250 e. The van der Waals surface area contributed by atoms with Crippen molar-refractivity contribution in [1.29, 1.82) is 0 Å². The molecule has 0 bridgehead atoms. The monoisotopic (exact) mass is 627 g/mol. The van der Waals surface area contributed by atoms with Crippen molar-refractivity contribution >= 4 is 73.1 Å². The second-order valence-electron chi connectivity index (χ2n) is 12.8. The Hall–Kier alpha value is -6.53. The molecule has 49 heavy (non-hydrogen) atoms. The molecule has 0 unspecified atom stereocenters. The minimum Gasteiger partial charge on any atom is -0.458 e. The van der Waals surface area contributed by atoms with Crippen molar-refractivity contribution in [3.8, 4) is 28.6 Å². The molecule has 0 atom stereocenters. The van der Waals surface area contributed by atoms with Crippen LogP contribution in [-0.4, -0.2) is 16.3 Å². The number of benzene rings is 7. The molecule has 0 fully saturated rings. The molecule has 2 aliphatic heterocycles. The van der Waals surface area contributed by atoms with Gasteiger partial charge in [0.05, 0.1) is 28.1 Å². The number of ether oxygens (including phenoxy) is 1. The lowest BCUT2D eigenvalue weighted by Gasteiger charge is -2.34. The Balaban J connectivity index is 1.06. The first-order chi connectivity index (χ1) is 24.3. The predicted octanol–water partition coefficient (Wildman–Crippen LogP) is 9.00. The highest BCUT2D eigenvalue weighted by atomic mass is 16.5. The maximum absolute atomic E-state index is 6.71. The van der Waals surface area contributed by atoms with E-state index in [1.54, 1.807) is 0 Å². The number of aromatic nitrogens is 2. The van der Waals surface area contributed by atoms with Gasteiger partial charge in [0.25, 0.3) is 6.71 Å². The van der Waals surface area contributed by atoms with E-state index in [9.17, 15) is 0 Å². The summed E-state index contributed by atoms with van der Waals surface area (Å²) in [6.45, 7) is 0.00582. The summed E-state index contributed by atoms with van der Waals surface area (Å²) in [7, 11) is 0. The molecule has 0 aliphatic carbocycles. The third-order valence-corrected chi connectivity index (χ3v) is 10.1. The second-order valence-corrected chi connectivity index (χ2v) is 12.8. The molecule has 5 nitrogen and oxygen atoms in total. The standard InChI is InChI=1S/C43H26BN3O2/c1-4-14-35-30(10-1)31-11-9-17-38-42(31)47(35)37-16-6-5-15-36(37)46(38)29-24-25-33-41(26-29)48-39-18-7-2-12-32(39)44(33)28-22-20-27(21-23-28)43-45-34-13-3-8-19-40(34)49-43/h1-26H. The average Bonchev–Trinajstić information content (AvgIpc) is 3.75. The summed E-state index contributed by atoms with van der Waals surface area (Å²) in [6.07, 6.45) is 0. The van der Waals surface area contributed by atoms with Gasteiger partial charge in [0, 0.05) is 28.1 Å². The average molecular weight is 628 g/mol. The van der Waals surface area contributed by atoms with Crippen LogP contribution in [0.4, 0.5) is 17.1 Å². The first-order valence-corrected chi connectivity index (χ1v) is 16.6. The van der Waals surface area contributed by atoms with Crippen LogP contribution in [0.5, 0.6) is 11.5 Å². The molecule has 0 saturated heterocycles. The largest absolute Gasteiger partial charge is 0.458 e. The molecular weight excluding hydrogens is 601 g/mol. The molecule has 0 N–H and O–H groups in total. The van der Waals surface area contributed by atoms with Crippen LogP contribution in [0.25, 0.3) is 50.0 Å². The number of para-hydroxylation sites is 7. The molecule has 11 rings (SSSR count). The molecular formula is C43H26BN3O2. The van der Waals surface area contributed by atoms with Gasteiger partial charge in [-0.1, -0.05) is 109 Å². The number of oxazole rings is 1. The van der Waals surface area contributed by atoms with E-state index in [1.807, 2.05) is 30.3 Å². The molecule has 0 saturated carbocycles. The van der Waals surface area contributed by atoms with Gasteiger partial charge in [-0.15, -0.1) is 0 Å². The lowest BCUT2D eigenvalue weighted by atomic mass is 9.36. The Labute approximate surface area is 282 Å². The van der Waals surface area contributed by atoms with E-state index < -0.39 is 0 Å². The first-order valence-electron chi connectivity index (χ1n) is 16.6. The Bertz CT molecular complexity index is 2750. The van der Waals surface area contributed by atoms with Crippen molar-refractivity contribution in [2.24, 2.45) is 0 Å². The molecule has 6 heteroatoms. The minimum atomic E-state index is 0.00582. The number of hydrogen-bond donors (Lipinski definition) is 0. The van der Waals surface area contributed by atoms with Crippen molar-refractivity contribution in [1.82, 2.24) is 9.55 Å². The highest BCUT2D eigenvalue weighted by Crippen LogP contribution is 2.49. The van der Waals surface area contributed by atoms with Gasteiger partial charge < -0.3 is 18.6 Å². The van der Waals surface area contributed by atoms with Crippen molar-refractivity contribution in [2.45, 2.75) is 0 Å². The molecule has 0 spiro atoms. The maximum atomic E-state index is 6.71. The van der Waals surface area contributed by atoms with E-state index in [0.29, 0.717) is 5.89 Å². The summed E-state index contributed by atoms with van der Waals surface area (Å²) >= 11 is 0. The number of nitrogens with zero attached hydrogens (tertiary/aromatic N) is 3. The summed E-state index contributed by atoms with van der Waals surface area (Å²) in [5.41, 5.74) is 13.0. The lowest BCUT2D eigenvalue weighted by molar-refractivity contribution is 0.487. The van der Waals surface area contributed by atoms with Gasteiger partial charge in [-0.2, -0.15) is 0 Å². The van der Waals surface area contributed by atoms with Gasteiger partial charge in [0.15, 0.2) is 5.58 Å². The van der Waals surface area contributed by atoms with Gasteiger partial charge >= 0.3 is 0 Å². The summed E-state index contributed by atoms with van der Waals surface area (Å²) in [6, 6.07) is 55.5. The summed E-state index contributed by atoms with van der Waals surface area (Å²) in [5.74, 6) is 2.36. The summed E-state index contributed by atoms with van der Waals surface area (Å²) < 4.78 is 15.2. The Kier molecular flexibility index (Phi) is 5.41. The Morgan fingerprint density at radius 2 is 1.29 bits per heavy atom. The van der Waals surface area contributed by atoms with Crippen LogP contribution in [-0.2, 0) is 0 Å². The molecule has 0 amide bonds. The summed E-state index contributed by atoms with van der Waals surface area (Å²) in [4.78, 5) is 7.09.